The Kier molecular flexibility index (Phi) is 4.03. The lowest BCUT2D eigenvalue weighted by Crippen LogP contribution is -2.13. The number of methoxy groups -OCH3 is 1. The van der Waals surface area contributed by atoms with Gasteiger partial charge in [-0.25, -0.2) is 9.78 Å². The van der Waals surface area contributed by atoms with E-state index in [1.54, 1.807) is 0 Å². The number of carbonyl (C=O) groups excluding carboxylic acids is 1. The number of nitrogens with zero attached hydrogens (tertiary/aromatic N) is 1. The van der Waals surface area contributed by atoms with E-state index in [4.69, 9.17) is 20.3 Å². The Morgan fingerprint density at radius 2 is 2.00 bits per heavy atom. The maximum absolute atomic E-state index is 11.3. The molecule has 108 valence electrons. The fourth-order valence-corrected chi connectivity index (χ4v) is 1.65. The van der Waals surface area contributed by atoms with Gasteiger partial charge >= 0.3 is 5.97 Å². The summed E-state index contributed by atoms with van der Waals surface area (Å²) in [5.74, 6) is -1.41. The van der Waals surface area contributed by atoms with Gasteiger partial charge in [0.2, 0.25) is 5.88 Å². The number of nitrogens with two attached hydrogens (primary N) is 1. The summed E-state index contributed by atoms with van der Waals surface area (Å²) in [7, 11) is 1.41. The molecule has 0 bridgehead atoms. The van der Waals surface area contributed by atoms with E-state index in [0.717, 1.165) is 0 Å². The van der Waals surface area contributed by atoms with Gasteiger partial charge in [0.25, 0.3) is 5.91 Å². The van der Waals surface area contributed by atoms with E-state index in [-0.39, 0.29) is 22.8 Å². The maximum Gasteiger partial charge on any atom is 0.335 e. The Bertz CT molecular complexity index is 700. The normalized spacial score (nSPS) is 9.95. The summed E-state index contributed by atoms with van der Waals surface area (Å²) in [6.07, 6.45) is 1.43. The third-order valence-electron chi connectivity index (χ3n) is 2.65. The fourth-order valence-electron chi connectivity index (χ4n) is 1.65. The van der Waals surface area contributed by atoms with E-state index < -0.39 is 11.9 Å². The summed E-state index contributed by atoms with van der Waals surface area (Å²) in [4.78, 5) is 26.2. The molecule has 0 aliphatic carbocycles. The summed E-state index contributed by atoms with van der Waals surface area (Å²) in [5, 5.41) is 9.00. The molecule has 0 atom stereocenters. The van der Waals surface area contributed by atoms with Gasteiger partial charge in [-0.2, -0.15) is 0 Å². The molecule has 1 aromatic heterocycles. The Balaban J connectivity index is 2.45. The van der Waals surface area contributed by atoms with Crippen LogP contribution in [-0.2, 0) is 0 Å². The van der Waals surface area contributed by atoms with Crippen LogP contribution in [0.15, 0.2) is 36.5 Å². The Hall–Kier alpha value is -3.09. The predicted molar refractivity (Wildman–Crippen MR) is 72.8 cm³/mol. The minimum atomic E-state index is -1.11. The quantitative estimate of drug-likeness (QED) is 0.865. The van der Waals surface area contributed by atoms with Crippen LogP contribution in [0.25, 0.3) is 0 Å². The minimum Gasteiger partial charge on any atom is -0.493 e. The van der Waals surface area contributed by atoms with Gasteiger partial charge in [-0.3, -0.25) is 4.79 Å². The summed E-state index contributed by atoms with van der Waals surface area (Å²) in [6.45, 7) is 0. The van der Waals surface area contributed by atoms with Crippen LogP contribution in [0.1, 0.15) is 20.7 Å². The van der Waals surface area contributed by atoms with E-state index >= 15 is 0 Å². The van der Waals surface area contributed by atoms with Crippen molar-refractivity contribution in [3.05, 3.63) is 47.7 Å². The lowest BCUT2D eigenvalue weighted by atomic mass is 10.2. The maximum atomic E-state index is 11.3. The molecule has 0 saturated carbocycles. The molecule has 1 heterocycles. The van der Waals surface area contributed by atoms with Crippen molar-refractivity contribution in [3.63, 3.8) is 0 Å². The van der Waals surface area contributed by atoms with Crippen molar-refractivity contribution in [2.75, 3.05) is 7.11 Å². The van der Waals surface area contributed by atoms with Gasteiger partial charge in [0.05, 0.1) is 12.7 Å². The van der Waals surface area contributed by atoms with Gasteiger partial charge in [-0.15, -0.1) is 0 Å². The SMILES string of the molecule is COc1ccc(C(=O)O)cc1Oc1ncccc1C(N)=O. The second-order valence-electron chi connectivity index (χ2n) is 3.99. The summed E-state index contributed by atoms with van der Waals surface area (Å²) in [5.41, 5.74) is 5.33. The van der Waals surface area contributed by atoms with E-state index in [1.807, 2.05) is 0 Å². The number of amides is 1. The summed E-state index contributed by atoms with van der Waals surface area (Å²) in [6, 6.07) is 7.10. The van der Waals surface area contributed by atoms with Crippen molar-refractivity contribution in [2.45, 2.75) is 0 Å². The standard InChI is InChI=1S/C14H12N2O5/c1-20-10-5-4-8(14(18)19)7-11(10)21-13-9(12(15)17)3-2-6-16-13/h2-7H,1H3,(H2,15,17)(H,18,19). The van der Waals surface area contributed by atoms with Gasteiger partial charge < -0.3 is 20.3 Å². The minimum absolute atomic E-state index is 0.0161. The average Bonchev–Trinajstić information content (AvgIpc) is 2.47. The molecule has 0 unspecified atom stereocenters. The van der Waals surface area contributed by atoms with Crippen molar-refractivity contribution in [1.82, 2.24) is 4.98 Å². The number of benzene rings is 1. The topological polar surface area (TPSA) is 112 Å². The number of primary amides is 1. The molecule has 0 aliphatic heterocycles. The molecular weight excluding hydrogens is 276 g/mol. The third-order valence-corrected chi connectivity index (χ3v) is 2.65. The van der Waals surface area contributed by atoms with Crippen molar-refractivity contribution < 1.29 is 24.2 Å². The van der Waals surface area contributed by atoms with E-state index in [2.05, 4.69) is 4.98 Å². The predicted octanol–water partition coefficient (Wildman–Crippen LogP) is 1.68. The van der Waals surface area contributed by atoms with Gasteiger partial charge in [0.15, 0.2) is 11.5 Å². The molecule has 2 rings (SSSR count). The van der Waals surface area contributed by atoms with E-state index in [9.17, 15) is 9.59 Å². The molecule has 0 spiro atoms. The van der Waals surface area contributed by atoms with Crippen LogP contribution in [0, 0.1) is 0 Å². The zero-order valence-electron chi connectivity index (χ0n) is 11.1. The number of carboxylic acids is 1. The Morgan fingerprint density at radius 3 is 2.62 bits per heavy atom. The first kappa shape index (κ1) is 14.3. The third kappa shape index (κ3) is 3.08. The highest BCUT2D eigenvalue weighted by molar-refractivity contribution is 5.95. The average molecular weight is 288 g/mol. The van der Waals surface area contributed by atoms with Gasteiger partial charge in [0.1, 0.15) is 5.56 Å². The molecule has 3 N–H and O–H groups in total. The highest BCUT2D eigenvalue weighted by Crippen LogP contribution is 2.32. The monoisotopic (exact) mass is 288 g/mol. The molecule has 1 aromatic carbocycles. The first-order valence-corrected chi connectivity index (χ1v) is 5.87. The van der Waals surface area contributed by atoms with Crippen molar-refractivity contribution in [3.8, 4) is 17.4 Å². The number of carbonyl (C=O) groups is 2. The molecule has 1 amide bonds. The van der Waals surface area contributed by atoms with Crippen molar-refractivity contribution >= 4 is 11.9 Å². The number of aromatic carboxylic acids is 1. The molecule has 7 heteroatoms. The second kappa shape index (κ2) is 5.91. The number of ether oxygens (including phenoxy) is 2. The van der Waals surface area contributed by atoms with Gasteiger partial charge in [0, 0.05) is 6.20 Å². The van der Waals surface area contributed by atoms with Crippen LogP contribution >= 0.6 is 0 Å². The zero-order valence-corrected chi connectivity index (χ0v) is 11.1. The van der Waals surface area contributed by atoms with E-state index in [1.165, 1.54) is 43.6 Å². The van der Waals surface area contributed by atoms with Crippen LogP contribution in [-0.4, -0.2) is 29.1 Å². The summed E-state index contributed by atoms with van der Waals surface area (Å²) >= 11 is 0. The highest BCUT2D eigenvalue weighted by atomic mass is 16.5. The number of aromatic nitrogens is 1. The molecule has 0 saturated heterocycles. The van der Waals surface area contributed by atoms with Gasteiger partial charge in [-0.1, -0.05) is 0 Å². The van der Waals surface area contributed by atoms with Crippen LogP contribution in [0.2, 0.25) is 0 Å². The Labute approximate surface area is 119 Å². The lowest BCUT2D eigenvalue weighted by molar-refractivity contribution is 0.0696. The Morgan fingerprint density at radius 1 is 1.24 bits per heavy atom. The van der Waals surface area contributed by atoms with Crippen molar-refractivity contribution in [1.29, 1.82) is 0 Å². The largest absolute Gasteiger partial charge is 0.493 e. The first-order valence-electron chi connectivity index (χ1n) is 5.87. The van der Waals surface area contributed by atoms with Crippen LogP contribution in [0.4, 0.5) is 0 Å². The fraction of sp³-hybridized carbons (Fsp3) is 0.0714. The van der Waals surface area contributed by atoms with Crippen LogP contribution in [0.5, 0.6) is 17.4 Å². The van der Waals surface area contributed by atoms with Crippen LogP contribution in [0.3, 0.4) is 0 Å². The second-order valence-corrected chi connectivity index (χ2v) is 3.99. The molecule has 0 fully saturated rings. The number of carboxylic acid groups (broad SMARTS) is 1. The molecular formula is C14H12N2O5. The first-order chi connectivity index (χ1) is 10.0. The van der Waals surface area contributed by atoms with Gasteiger partial charge in [-0.05, 0) is 30.3 Å². The molecule has 0 aliphatic rings. The van der Waals surface area contributed by atoms with Crippen molar-refractivity contribution in [2.24, 2.45) is 5.73 Å². The number of hydrogen-bond donors (Lipinski definition) is 2. The molecule has 21 heavy (non-hydrogen) atoms. The zero-order chi connectivity index (χ0) is 15.4. The highest BCUT2D eigenvalue weighted by Gasteiger charge is 2.15. The van der Waals surface area contributed by atoms with Crippen LogP contribution < -0.4 is 15.2 Å². The van der Waals surface area contributed by atoms with E-state index in [0.29, 0.717) is 5.75 Å². The number of rotatable bonds is 5. The number of hydrogen-bond acceptors (Lipinski definition) is 5. The molecule has 2 aromatic rings. The smallest absolute Gasteiger partial charge is 0.335 e. The lowest BCUT2D eigenvalue weighted by Gasteiger charge is -2.11. The molecule has 7 nitrogen and oxygen atoms in total. The summed E-state index contributed by atoms with van der Waals surface area (Å²) < 4.78 is 10.6. The number of pyridine rings is 1. The molecule has 0 radical (unpaired) electrons.